The minimum Gasteiger partial charge on any atom is -0.505 e. The van der Waals surface area contributed by atoms with Gasteiger partial charge in [-0.05, 0) is 66.4 Å². The molecule has 0 bridgehead atoms. The van der Waals surface area contributed by atoms with Gasteiger partial charge in [-0.2, -0.15) is 0 Å². The molecule has 5 rings (SSSR count). The maximum absolute atomic E-state index is 13.7. The molecule has 0 radical (unpaired) electrons. The molecule has 3 aromatic carbocycles. The smallest absolute Gasteiger partial charge is 0.354 e. The molecule has 35 heavy (non-hydrogen) atoms. The van der Waals surface area contributed by atoms with Crippen LogP contribution < -0.4 is 11.2 Å². The predicted octanol–water partition coefficient (Wildman–Crippen LogP) is 6.01. The first-order valence-electron chi connectivity index (χ1n) is 10.4. The van der Waals surface area contributed by atoms with Crippen LogP contribution in [0.4, 0.5) is 8.78 Å². The summed E-state index contributed by atoms with van der Waals surface area (Å²) in [6.45, 7) is 0.114. The molecule has 0 saturated heterocycles. The Balaban J connectivity index is 1.79. The van der Waals surface area contributed by atoms with Crippen molar-refractivity contribution in [2.75, 3.05) is 6.26 Å². The van der Waals surface area contributed by atoms with Crippen LogP contribution in [0.25, 0.3) is 21.9 Å². The van der Waals surface area contributed by atoms with Crippen molar-refractivity contribution in [3.8, 4) is 5.75 Å². The lowest BCUT2D eigenvalue weighted by Gasteiger charge is -2.15. The summed E-state index contributed by atoms with van der Waals surface area (Å²) in [6, 6.07) is 16.5. The Kier molecular flexibility index (Phi) is 6.12. The molecule has 0 atom stereocenters. The van der Waals surface area contributed by atoms with E-state index in [0.29, 0.717) is 21.4 Å². The number of thioether (sulfide) groups is 1. The molecule has 0 fully saturated rings. The average Bonchev–Trinajstić information content (AvgIpc) is 2.86. The molecule has 2 heterocycles. The maximum atomic E-state index is 13.7. The Hall–Kier alpha value is -3.56. The van der Waals surface area contributed by atoms with Crippen molar-refractivity contribution in [1.82, 2.24) is 4.57 Å². The number of benzene rings is 3. The molecule has 0 saturated carbocycles. The highest BCUT2D eigenvalue weighted by Crippen LogP contribution is 2.37. The molecule has 1 N–H and O–H groups in total. The van der Waals surface area contributed by atoms with Gasteiger partial charge in [0.05, 0.1) is 12.1 Å². The summed E-state index contributed by atoms with van der Waals surface area (Å²) < 4.78 is 33.8. The molecule has 9 heteroatoms. The van der Waals surface area contributed by atoms with E-state index in [1.54, 1.807) is 24.3 Å². The van der Waals surface area contributed by atoms with Gasteiger partial charge in [0.15, 0.2) is 11.3 Å². The van der Waals surface area contributed by atoms with Gasteiger partial charge in [-0.25, -0.2) is 13.6 Å². The summed E-state index contributed by atoms with van der Waals surface area (Å²) in [5.41, 5.74) is -0.194. The number of nitrogens with zero attached hydrogens (tertiary/aromatic N) is 1. The van der Waals surface area contributed by atoms with Gasteiger partial charge in [0, 0.05) is 15.2 Å². The zero-order valence-corrected chi connectivity index (χ0v) is 19.9. The number of pyridine rings is 1. The van der Waals surface area contributed by atoms with Crippen molar-refractivity contribution < 1.29 is 18.3 Å². The molecule has 5 aromatic rings. The van der Waals surface area contributed by atoms with E-state index in [0.717, 1.165) is 16.7 Å². The summed E-state index contributed by atoms with van der Waals surface area (Å²) in [5.74, 6) is -1.33. The number of aromatic nitrogens is 1. The average molecular weight is 510 g/mol. The molecule has 0 aliphatic carbocycles. The fraction of sp³-hybridized carbons (Fsp3) is 0.0769. The van der Waals surface area contributed by atoms with Gasteiger partial charge in [-0.15, -0.1) is 11.8 Å². The lowest BCUT2D eigenvalue weighted by atomic mass is 10.1. The molecule has 0 aliphatic heterocycles. The van der Waals surface area contributed by atoms with Crippen molar-refractivity contribution in [2.45, 2.75) is 21.2 Å². The molecule has 0 unspecified atom stereocenters. The maximum Gasteiger partial charge on any atom is 0.354 e. The first-order valence-corrected chi connectivity index (χ1v) is 12.5. The Labute approximate surface area is 206 Å². The lowest BCUT2D eigenvalue weighted by molar-refractivity contribution is 0.446. The molecule has 0 amide bonds. The van der Waals surface area contributed by atoms with E-state index < -0.39 is 28.6 Å². The Bertz CT molecular complexity index is 1700. The van der Waals surface area contributed by atoms with Crippen LogP contribution in [-0.2, 0) is 6.54 Å². The Morgan fingerprint density at radius 2 is 1.54 bits per heavy atom. The molecular weight excluding hydrogens is 492 g/mol. The fourth-order valence-electron chi connectivity index (χ4n) is 3.84. The minimum atomic E-state index is -0.809. The second-order valence-corrected chi connectivity index (χ2v) is 9.69. The van der Waals surface area contributed by atoms with Crippen LogP contribution in [0.1, 0.15) is 5.56 Å². The summed E-state index contributed by atoms with van der Waals surface area (Å²) in [5, 5.41) is 11.5. The lowest BCUT2D eigenvalue weighted by Crippen LogP contribution is -2.23. The highest BCUT2D eigenvalue weighted by atomic mass is 32.2. The van der Waals surface area contributed by atoms with E-state index in [9.17, 15) is 23.5 Å². The van der Waals surface area contributed by atoms with Crippen LogP contribution in [0.2, 0.25) is 0 Å². The number of aromatic hydroxyl groups is 1. The van der Waals surface area contributed by atoms with E-state index in [4.69, 9.17) is 4.42 Å². The van der Waals surface area contributed by atoms with Gasteiger partial charge in [0.1, 0.15) is 21.9 Å². The molecule has 0 aliphatic rings. The topological polar surface area (TPSA) is 72.4 Å². The second-order valence-electron chi connectivity index (χ2n) is 7.73. The van der Waals surface area contributed by atoms with Crippen molar-refractivity contribution in [1.29, 1.82) is 0 Å². The second kappa shape index (κ2) is 9.24. The van der Waals surface area contributed by atoms with Crippen molar-refractivity contribution in [3.63, 3.8) is 0 Å². The van der Waals surface area contributed by atoms with Gasteiger partial charge >= 0.3 is 5.63 Å². The Morgan fingerprint density at radius 3 is 2.20 bits per heavy atom. The first kappa shape index (κ1) is 23.2. The van der Waals surface area contributed by atoms with Gasteiger partial charge in [-0.1, -0.05) is 23.9 Å². The zero-order chi connectivity index (χ0) is 24.7. The predicted molar refractivity (Wildman–Crippen MR) is 134 cm³/mol. The van der Waals surface area contributed by atoms with E-state index in [1.165, 1.54) is 52.7 Å². The molecule has 0 spiro atoms. The molecule has 5 nitrogen and oxygen atoms in total. The van der Waals surface area contributed by atoms with Crippen LogP contribution in [0.3, 0.4) is 0 Å². The monoisotopic (exact) mass is 509 g/mol. The van der Waals surface area contributed by atoms with Crippen LogP contribution in [0.15, 0.2) is 95.4 Å². The van der Waals surface area contributed by atoms with Gasteiger partial charge in [-0.3, -0.25) is 4.79 Å². The van der Waals surface area contributed by atoms with E-state index in [2.05, 4.69) is 0 Å². The van der Waals surface area contributed by atoms with Crippen LogP contribution >= 0.6 is 23.5 Å². The third-order valence-corrected chi connectivity index (χ3v) is 7.34. The SMILES string of the molecule is CSc1ccc2c(c1)c1oc(=O)c(Sc3ccc(F)cc3)c(O)c1c(=O)n2Cc1ccc(F)cc1. The van der Waals surface area contributed by atoms with Crippen LogP contribution in [-0.4, -0.2) is 15.9 Å². The number of rotatable bonds is 5. The van der Waals surface area contributed by atoms with E-state index >= 15 is 0 Å². The summed E-state index contributed by atoms with van der Waals surface area (Å²) in [6.07, 6.45) is 1.89. The quantitative estimate of drug-likeness (QED) is 0.231. The number of hydrogen-bond acceptors (Lipinski definition) is 6. The standard InChI is InChI=1S/C26H17F2NO4S2/c1-34-18-10-11-20-19(12-18)23-21(25(31)29(20)13-14-2-4-15(27)5-3-14)22(30)24(26(32)33-23)35-17-8-6-16(28)7-9-17/h2-12,30H,13H2,1H3. The third kappa shape index (κ3) is 4.33. The molecule has 2 aromatic heterocycles. The van der Waals surface area contributed by atoms with Crippen molar-refractivity contribution >= 4 is 45.4 Å². The number of fused-ring (bicyclic) bond motifs is 3. The van der Waals surface area contributed by atoms with Gasteiger partial charge in [0.25, 0.3) is 5.56 Å². The first-order chi connectivity index (χ1) is 16.9. The van der Waals surface area contributed by atoms with Gasteiger partial charge in [0.2, 0.25) is 0 Å². The highest BCUT2D eigenvalue weighted by molar-refractivity contribution is 7.99. The van der Waals surface area contributed by atoms with Crippen LogP contribution in [0.5, 0.6) is 5.75 Å². The van der Waals surface area contributed by atoms with E-state index in [1.807, 2.05) is 12.3 Å². The van der Waals surface area contributed by atoms with Crippen molar-refractivity contribution in [2.24, 2.45) is 0 Å². The zero-order valence-electron chi connectivity index (χ0n) is 18.2. The fourth-order valence-corrected chi connectivity index (χ4v) is 5.11. The minimum absolute atomic E-state index is 0.0118. The summed E-state index contributed by atoms with van der Waals surface area (Å²) >= 11 is 2.36. The van der Waals surface area contributed by atoms with Gasteiger partial charge < -0.3 is 14.1 Å². The molecular formula is C26H17F2NO4S2. The largest absolute Gasteiger partial charge is 0.505 e. The highest BCUT2D eigenvalue weighted by Gasteiger charge is 2.22. The summed E-state index contributed by atoms with van der Waals surface area (Å²) in [7, 11) is 0. The molecule has 176 valence electrons. The number of halogens is 2. The number of hydrogen-bond donors (Lipinski definition) is 1. The van der Waals surface area contributed by atoms with Crippen molar-refractivity contribution in [3.05, 3.63) is 105 Å². The van der Waals surface area contributed by atoms with Crippen LogP contribution in [0, 0.1) is 11.6 Å². The third-order valence-electron chi connectivity index (χ3n) is 5.54. The Morgan fingerprint density at radius 1 is 0.914 bits per heavy atom. The van der Waals surface area contributed by atoms with E-state index in [-0.39, 0.29) is 22.4 Å². The summed E-state index contributed by atoms with van der Waals surface area (Å²) in [4.78, 5) is 27.7. The normalized spacial score (nSPS) is 11.4.